The molecular formula is C34H29CrN9NaO9S+. The van der Waals surface area contributed by atoms with Crippen molar-refractivity contribution < 1.29 is 85.5 Å². The number of carbonyl (C=O) groups is 1. The van der Waals surface area contributed by atoms with Gasteiger partial charge in [-0.05, 0) is 53.9 Å². The van der Waals surface area contributed by atoms with Crippen LogP contribution in [0, 0.1) is 17.0 Å². The second kappa shape index (κ2) is 18.5. The number of aromatic nitrogens is 2. The maximum absolute atomic E-state index is 12.5. The van der Waals surface area contributed by atoms with Crippen LogP contribution < -0.4 is 55.8 Å². The molecule has 21 heteroatoms. The van der Waals surface area contributed by atoms with Crippen LogP contribution in [0.2, 0.25) is 0 Å². The second-order valence-electron chi connectivity index (χ2n) is 11.1. The minimum atomic E-state index is -3.96. The van der Waals surface area contributed by atoms with Crippen molar-refractivity contribution in [2.24, 2.45) is 20.5 Å². The van der Waals surface area contributed by atoms with Crippen molar-refractivity contribution in [2.45, 2.75) is 18.7 Å². The fourth-order valence-corrected chi connectivity index (χ4v) is 5.36. The van der Waals surface area contributed by atoms with E-state index in [1.54, 1.807) is 55.5 Å². The number of benzene rings is 5. The number of hydrogen-bond donors (Lipinski definition) is 6. The zero-order chi connectivity index (χ0) is 38.4. The average Bonchev–Trinajstić information content (AvgIpc) is 3.40. The molecule has 0 unspecified atom stereocenters. The summed E-state index contributed by atoms with van der Waals surface area (Å²) in [5.74, 6) is -1.00. The van der Waals surface area contributed by atoms with E-state index in [2.05, 4.69) is 30.9 Å². The van der Waals surface area contributed by atoms with E-state index in [0.717, 1.165) is 41.8 Å². The fourth-order valence-electron chi connectivity index (χ4n) is 4.83. The number of sulfonamides is 1. The summed E-state index contributed by atoms with van der Waals surface area (Å²) >= 11 is 0. The molecule has 0 saturated carbocycles. The molecule has 0 bridgehead atoms. The minimum Gasteiger partial charge on any atom is -0.589 e. The van der Waals surface area contributed by atoms with E-state index in [-0.39, 0.29) is 103 Å². The molecule has 0 saturated heterocycles. The van der Waals surface area contributed by atoms with Crippen molar-refractivity contribution in [1.29, 1.82) is 0 Å². The van der Waals surface area contributed by atoms with Crippen LogP contribution >= 0.6 is 0 Å². The van der Waals surface area contributed by atoms with Crippen LogP contribution in [0.4, 0.5) is 34.1 Å². The van der Waals surface area contributed by atoms with Gasteiger partial charge >= 0.3 is 29.6 Å². The van der Waals surface area contributed by atoms with Gasteiger partial charge in [-0.15, -0.1) is 15.9 Å². The van der Waals surface area contributed by atoms with Gasteiger partial charge in [0.05, 0.1) is 27.0 Å². The largest absolute Gasteiger partial charge is 1.00 e. The average molecular weight is 815 g/mol. The Kier molecular flexibility index (Phi) is 14.7. The molecule has 5 aromatic carbocycles. The number of nitrogens with zero attached hydrogens (tertiary/aromatic N) is 6. The Morgan fingerprint density at radius 1 is 0.909 bits per heavy atom. The number of hydrogen-bond acceptors (Lipinski definition) is 12. The van der Waals surface area contributed by atoms with Crippen molar-refractivity contribution in [1.82, 2.24) is 9.78 Å². The predicted molar refractivity (Wildman–Crippen MR) is 191 cm³/mol. The first kappa shape index (κ1) is 43.7. The van der Waals surface area contributed by atoms with Gasteiger partial charge < -0.3 is 30.4 Å². The van der Waals surface area contributed by atoms with Crippen LogP contribution in [0.25, 0.3) is 16.5 Å². The molecule has 276 valence electrons. The first-order valence-electron chi connectivity index (χ1n) is 15.2. The molecule has 7 N–H and O–H groups in total. The van der Waals surface area contributed by atoms with Crippen molar-refractivity contribution in [3.8, 4) is 22.9 Å². The third-order valence-electron chi connectivity index (χ3n) is 7.31. The SMILES string of the molecule is CC(=O)Nc1cccc2ccc(O)c([NH+]=Nc3cc([N+](=O)[O-])ccc3O)c12.Cc1[n-]n(-c2ccccc2)c(=O)c1N=Nc1cc(S(N)(=O)=O)ccc1O.[Cr].[Na+]. The predicted octanol–water partition coefficient (Wildman–Crippen LogP) is 1.49. The Hall–Kier alpha value is -5.72. The Bertz CT molecular complexity index is 2620. The van der Waals surface area contributed by atoms with Gasteiger partial charge in [0.25, 0.3) is 16.9 Å². The van der Waals surface area contributed by atoms with Crippen molar-refractivity contribution >= 4 is 60.8 Å². The zero-order valence-electron chi connectivity index (χ0n) is 29.1. The molecule has 1 amide bonds. The molecule has 0 atom stereocenters. The number of nitrogens with two attached hydrogens (primary N) is 1. The number of para-hydroxylation sites is 1. The third kappa shape index (κ3) is 10.5. The molecule has 18 nitrogen and oxygen atoms in total. The van der Waals surface area contributed by atoms with E-state index in [9.17, 15) is 43.4 Å². The van der Waals surface area contributed by atoms with Gasteiger partial charge in [0.1, 0.15) is 22.9 Å². The number of azo groups is 2. The van der Waals surface area contributed by atoms with Crippen molar-refractivity contribution in [3.05, 3.63) is 123 Å². The summed E-state index contributed by atoms with van der Waals surface area (Å²) in [5.41, 5.74) is 0.592. The maximum Gasteiger partial charge on any atom is 1.00 e. The number of amides is 1. The number of aryl methyl sites for hydroxylation is 1. The number of rotatable bonds is 8. The number of carbonyl (C=O) groups excluding carboxylic acids is 1. The molecule has 6 rings (SSSR count). The van der Waals surface area contributed by atoms with Crippen LogP contribution in [0.5, 0.6) is 17.2 Å². The van der Waals surface area contributed by atoms with Gasteiger partial charge in [0.2, 0.25) is 15.9 Å². The molecule has 0 fully saturated rings. The van der Waals surface area contributed by atoms with Crippen molar-refractivity contribution in [3.63, 3.8) is 0 Å². The third-order valence-corrected chi connectivity index (χ3v) is 8.22. The zero-order valence-corrected chi connectivity index (χ0v) is 33.2. The van der Waals surface area contributed by atoms with E-state index in [1.807, 2.05) is 6.07 Å². The second-order valence-corrected chi connectivity index (χ2v) is 12.6. The van der Waals surface area contributed by atoms with Crippen LogP contribution in [0.1, 0.15) is 12.6 Å². The number of anilines is 1. The number of nitrogens with one attached hydrogen (secondary N) is 2. The van der Waals surface area contributed by atoms with Crippen molar-refractivity contribution in [2.75, 3.05) is 5.32 Å². The van der Waals surface area contributed by atoms with Crippen LogP contribution in [0.3, 0.4) is 0 Å². The normalized spacial score (nSPS) is 11.0. The van der Waals surface area contributed by atoms with E-state index in [0.29, 0.717) is 22.5 Å². The van der Waals surface area contributed by atoms with Gasteiger partial charge in [-0.3, -0.25) is 19.7 Å². The quantitative estimate of drug-likeness (QED) is 0.0423. The first-order valence-corrected chi connectivity index (χ1v) is 16.7. The van der Waals surface area contributed by atoms with Gasteiger partial charge in [0, 0.05) is 41.2 Å². The monoisotopic (exact) mass is 814 g/mol. The van der Waals surface area contributed by atoms with E-state index >= 15 is 0 Å². The first-order chi connectivity index (χ1) is 25.1. The standard InChI is InChI=1S/C18H14N4O5.C16H15N5O4S.Cr.Na/c1-10(23)19-13-4-2-3-11-5-7-16(25)18(17(11)13)21-20-14-9-12(22(26)27)6-8-15(14)24;1-10-15(16(23)21(20-10)11-5-3-2-4-6-11)19-18-13-9-12(26(17,24)25)7-8-14(13)22;;/h2-9,24-25H,1H3,(H,19,23);2-9H,1H3,(H4,17,18,19,20,22,23,24,25);;/q;;;+1. The molecule has 1 aromatic heterocycles. The summed E-state index contributed by atoms with van der Waals surface area (Å²) in [7, 11) is -3.96. The van der Waals surface area contributed by atoms with Gasteiger partial charge in [-0.25, -0.2) is 13.6 Å². The molecule has 6 aromatic rings. The molecule has 1 heterocycles. The number of fused-ring (bicyclic) bond motifs is 1. The molecule has 0 aliphatic carbocycles. The summed E-state index contributed by atoms with van der Waals surface area (Å²) in [4.78, 5) is 34.0. The topological polar surface area (TPSA) is 280 Å². The molecule has 55 heavy (non-hydrogen) atoms. The number of phenols is 3. The van der Waals surface area contributed by atoms with Gasteiger partial charge in [-0.2, -0.15) is 0 Å². The fraction of sp³-hybridized carbons (Fsp3) is 0.0588. The smallest absolute Gasteiger partial charge is 0.589 e. The van der Waals surface area contributed by atoms with Gasteiger partial charge in [0.15, 0.2) is 11.4 Å². The van der Waals surface area contributed by atoms with Crippen LogP contribution in [-0.4, -0.2) is 39.2 Å². The summed E-state index contributed by atoms with van der Waals surface area (Å²) in [5, 5.41) is 68.2. The van der Waals surface area contributed by atoms with Crippen LogP contribution in [-0.2, 0) is 32.2 Å². The maximum atomic E-state index is 12.5. The molecule has 0 aliphatic heterocycles. The van der Waals surface area contributed by atoms with E-state index in [1.165, 1.54) is 17.7 Å². The number of phenolic OH excluding ortho intramolecular Hbond substituents is 3. The molecular weight excluding hydrogens is 785 g/mol. The van der Waals surface area contributed by atoms with E-state index < -0.39 is 20.5 Å². The Balaban J connectivity index is 0.000000285. The summed E-state index contributed by atoms with van der Waals surface area (Å²) in [6.45, 7) is 2.95. The summed E-state index contributed by atoms with van der Waals surface area (Å²) in [6.07, 6.45) is 0. The summed E-state index contributed by atoms with van der Waals surface area (Å²) in [6, 6.07) is 23.8. The number of non-ortho nitro benzene ring substituents is 1. The molecule has 0 spiro atoms. The summed E-state index contributed by atoms with van der Waals surface area (Å²) < 4.78 is 24.0. The number of aromatic hydroxyl groups is 3. The minimum absolute atomic E-state index is 0. The Morgan fingerprint density at radius 3 is 2.22 bits per heavy atom. The molecule has 0 aliphatic rings. The number of primary sulfonamides is 1. The molecule has 0 radical (unpaired) electrons. The number of nitro benzene ring substituents is 1. The van der Waals surface area contributed by atoms with Crippen LogP contribution in [0.15, 0.2) is 122 Å². The van der Waals surface area contributed by atoms with Gasteiger partial charge in [-0.1, -0.05) is 48.4 Å². The Morgan fingerprint density at radius 2 is 1.56 bits per heavy atom. The van der Waals surface area contributed by atoms with E-state index in [4.69, 9.17) is 5.14 Å². The Labute approximate surface area is 344 Å². The number of nitro groups is 1.